The number of nitrogens with zero attached hydrogens (tertiary/aromatic N) is 1. The molecule has 0 bridgehead atoms. The van der Waals surface area contributed by atoms with Gasteiger partial charge in [0.25, 0.3) is 0 Å². The van der Waals surface area contributed by atoms with Gasteiger partial charge in [0, 0.05) is 6.20 Å². The van der Waals surface area contributed by atoms with Gasteiger partial charge in [-0.25, -0.2) is 9.18 Å². The molecule has 15 heavy (non-hydrogen) atoms. The third-order valence-electron chi connectivity index (χ3n) is 1.86. The van der Waals surface area contributed by atoms with Gasteiger partial charge in [0.1, 0.15) is 11.9 Å². The van der Waals surface area contributed by atoms with Crippen molar-refractivity contribution >= 4 is 5.97 Å². The largest absolute Gasteiger partial charge is 0.455 e. The van der Waals surface area contributed by atoms with Crippen LogP contribution >= 0.6 is 0 Å². The van der Waals surface area contributed by atoms with Crippen LogP contribution in [-0.4, -0.2) is 17.1 Å². The number of halogens is 1. The number of ether oxygens (including phenoxy) is 1. The van der Waals surface area contributed by atoms with Crippen molar-refractivity contribution in [1.29, 1.82) is 0 Å². The summed E-state index contributed by atoms with van der Waals surface area (Å²) in [6.45, 7) is 5.39. The molecule has 0 N–H and O–H groups in total. The Bertz CT molecular complexity index is 365. The number of hydrogen-bond acceptors (Lipinski definition) is 3. The number of carbonyl (C=O) groups is 1. The third kappa shape index (κ3) is 3.16. The average molecular weight is 209 g/mol. The molecule has 4 heteroatoms. The molecule has 0 saturated heterocycles. The molecule has 0 amide bonds. The van der Waals surface area contributed by atoms with E-state index in [0.29, 0.717) is 6.42 Å². The first-order chi connectivity index (χ1) is 7.17. The third-order valence-corrected chi connectivity index (χ3v) is 1.86. The molecule has 0 aromatic carbocycles. The minimum absolute atomic E-state index is 0.107. The quantitative estimate of drug-likeness (QED) is 0.564. The number of carbonyl (C=O) groups excluding carboxylic acids is 1. The topological polar surface area (TPSA) is 39.2 Å². The predicted octanol–water partition coefficient (Wildman–Crippen LogP) is 2.34. The van der Waals surface area contributed by atoms with Crippen LogP contribution in [0.5, 0.6) is 0 Å². The molecule has 0 radical (unpaired) electrons. The summed E-state index contributed by atoms with van der Waals surface area (Å²) in [6, 6.07) is 1.09. The number of aromatic nitrogens is 1. The predicted molar refractivity (Wildman–Crippen MR) is 53.9 cm³/mol. The molecule has 80 valence electrons. The molecule has 1 aromatic rings. The van der Waals surface area contributed by atoms with Crippen molar-refractivity contribution < 1.29 is 13.9 Å². The zero-order valence-electron chi connectivity index (χ0n) is 8.44. The summed E-state index contributed by atoms with van der Waals surface area (Å²) < 4.78 is 17.8. The highest BCUT2D eigenvalue weighted by Gasteiger charge is 2.12. The van der Waals surface area contributed by atoms with E-state index >= 15 is 0 Å². The summed E-state index contributed by atoms with van der Waals surface area (Å²) in [5.74, 6) is -1.15. The monoisotopic (exact) mass is 209 g/mol. The van der Waals surface area contributed by atoms with Gasteiger partial charge in [-0.15, -0.1) is 0 Å². The fourth-order valence-electron chi connectivity index (χ4n) is 1.03. The van der Waals surface area contributed by atoms with Gasteiger partial charge >= 0.3 is 5.97 Å². The van der Waals surface area contributed by atoms with Crippen molar-refractivity contribution in [2.75, 3.05) is 0 Å². The Morgan fingerprint density at radius 2 is 2.47 bits per heavy atom. The molecule has 0 aliphatic heterocycles. The zero-order valence-corrected chi connectivity index (χ0v) is 8.44. The number of esters is 1. The van der Waals surface area contributed by atoms with Gasteiger partial charge in [-0.1, -0.05) is 19.6 Å². The van der Waals surface area contributed by atoms with Crippen LogP contribution in [0, 0.1) is 5.82 Å². The van der Waals surface area contributed by atoms with E-state index < -0.39 is 11.8 Å². The lowest BCUT2D eigenvalue weighted by molar-refractivity contribution is 0.0388. The highest BCUT2D eigenvalue weighted by molar-refractivity contribution is 5.89. The molecule has 1 atom stereocenters. The van der Waals surface area contributed by atoms with Crippen molar-refractivity contribution in [2.24, 2.45) is 0 Å². The van der Waals surface area contributed by atoms with E-state index in [1.54, 1.807) is 0 Å². The van der Waals surface area contributed by atoms with E-state index in [0.717, 1.165) is 12.3 Å². The van der Waals surface area contributed by atoms with Crippen LogP contribution in [0.15, 0.2) is 31.1 Å². The van der Waals surface area contributed by atoms with E-state index in [2.05, 4.69) is 11.6 Å². The van der Waals surface area contributed by atoms with Gasteiger partial charge in [-0.05, 0) is 12.5 Å². The van der Waals surface area contributed by atoms with Crippen molar-refractivity contribution in [1.82, 2.24) is 4.98 Å². The Morgan fingerprint density at radius 1 is 1.73 bits per heavy atom. The van der Waals surface area contributed by atoms with Crippen molar-refractivity contribution in [2.45, 2.75) is 19.4 Å². The zero-order chi connectivity index (χ0) is 11.3. The van der Waals surface area contributed by atoms with Crippen LogP contribution in [0.25, 0.3) is 0 Å². The lowest BCUT2D eigenvalue weighted by Crippen LogP contribution is -2.15. The highest BCUT2D eigenvalue weighted by Crippen LogP contribution is 2.07. The van der Waals surface area contributed by atoms with Gasteiger partial charge in [0.2, 0.25) is 0 Å². The van der Waals surface area contributed by atoms with E-state index in [1.165, 1.54) is 12.3 Å². The first kappa shape index (κ1) is 11.4. The molecule has 0 fully saturated rings. The van der Waals surface area contributed by atoms with Gasteiger partial charge in [-0.3, -0.25) is 4.98 Å². The summed E-state index contributed by atoms with van der Waals surface area (Å²) in [5.41, 5.74) is 0.107. The van der Waals surface area contributed by atoms with Crippen LogP contribution in [0.4, 0.5) is 4.39 Å². The Hall–Kier alpha value is -1.71. The fourth-order valence-corrected chi connectivity index (χ4v) is 1.03. The maximum absolute atomic E-state index is 12.7. The molecular formula is C11H12FNO2. The SMILES string of the molecule is C=C[C@@H](CC)OC(=O)c1cncc(F)c1. The Balaban J connectivity index is 2.72. The van der Waals surface area contributed by atoms with Gasteiger partial charge in [0.15, 0.2) is 0 Å². The Kier molecular flexibility index (Phi) is 3.97. The smallest absolute Gasteiger partial charge is 0.340 e. The van der Waals surface area contributed by atoms with Crippen molar-refractivity contribution in [3.05, 3.63) is 42.5 Å². The first-order valence-corrected chi connectivity index (χ1v) is 4.61. The summed E-state index contributed by atoms with van der Waals surface area (Å²) >= 11 is 0. The maximum Gasteiger partial charge on any atom is 0.340 e. The second kappa shape index (κ2) is 5.24. The molecule has 0 spiro atoms. The lowest BCUT2D eigenvalue weighted by Gasteiger charge is -2.11. The minimum Gasteiger partial charge on any atom is -0.455 e. The van der Waals surface area contributed by atoms with E-state index in [1.807, 2.05) is 6.92 Å². The summed E-state index contributed by atoms with van der Waals surface area (Å²) in [6.07, 6.45) is 4.12. The van der Waals surface area contributed by atoms with Crippen LogP contribution < -0.4 is 0 Å². The Morgan fingerprint density at radius 3 is 3.00 bits per heavy atom. The molecular weight excluding hydrogens is 197 g/mol. The lowest BCUT2D eigenvalue weighted by atomic mass is 10.2. The van der Waals surface area contributed by atoms with Crippen molar-refractivity contribution in [3.63, 3.8) is 0 Å². The molecule has 0 aliphatic rings. The van der Waals surface area contributed by atoms with Gasteiger partial charge in [-0.2, -0.15) is 0 Å². The van der Waals surface area contributed by atoms with E-state index in [-0.39, 0.29) is 11.7 Å². The molecule has 0 aliphatic carbocycles. The normalized spacial score (nSPS) is 11.9. The molecule has 1 heterocycles. The molecule has 1 aromatic heterocycles. The summed E-state index contributed by atoms with van der Waals surface area (Å²) in [7, 11) is 0. The fraction of sp³-hybridized carbons (Fsp3) is 0.273. The number of pyridine rings is 1. The maximum atomic E-state index is 12.7. The Labute approximate surface area is 87.6 Å². The van der Waals surface area contributed by atoms with Crippen LogP contribution in [0.2, 0.25) is 0 Å². The van der Waals surface area contributed by atoms with Crippen LogP contribution in [-0.2, 0) is 4.74 Å². The number of hydrogen-bond donors (Lipinski definition) is 0. The molecule has 0 unspecified atom stereocenters. The van der Waals surface area contributed by atoms with Gasteiger partial charge in [0.05, 0.1) is 11.8 Å². The minimum atomic E-state index is -0.589. The summed E-state index contributed by atoms with van der Waals surface area (Å²) in [4.78, 5) is 15.0. The first-order valence-electron chi connectivity index (χ1n) is 4.61. The van der Waals surface area contributed by atoms with Gasteiger partial charge < -0.3 is 4.74 Å². The molecule has 1 rings (SSSR count). The van der Waals surface area contributed by atoms with Crippen molar-refractivity contribution in [3.8, 4) is 0 Å². The average Bonchev–Trinajstić information content (AvgIpc) is 2.25. The van der Waals surface area contributed by atoms with E-state index in [4.69, 9.17) is 4.74 Å². The standard InChI is InChI=1S/C11H12FNO2/c1-3-10(4-2)15-11(14)8-5-9(12)7-13-6-8/h3,5-7,10H,1,4H2,2H3/t10-/m0/s1. The summed E-state index contributed by atoms with van der Waals surface area (Å²) in [5, 5.41) is 0. The second-order valence-electron chi connectivity index (χ2n) is 2.98. The molecule has 0 saturated carbocycles. The number of rotatable bonds is 4. The molecule has 3 nitrogen and oxygen atoms in total. The second-order valence-corrected chi connectivity index (χ2v) is 2.98. The van der Waals surface area contributed by atoms with Crippen LogP contribution in [0.1, 0.15) is 23.7 Å². The van der Waals surface area contributed by atoms with E-state index in [9.17, 15) is 9.18 Å². The highest BCUT2D eigenvalue weighted by atomic mass is 19.1. The van der Waals surface area contributed by atoms with Crippen LogP contribution in [0.3, 0.4) is 0 Å².